The van der Waals surface area contributed by atoms with Crippen LogP contribution in [-0.2, 0) is 4.74 Å². The second-order valence-electron chi connectivity index (χ2n) is 5.26. The molecular weight excluding hydrogens is 371 g/mol. The first-order chi connectivity index (χ1) is 12.4. The second-order valence-corrected chi connectivity index (χ2v) is 5.67. The third-order valence-electron chi connectivity index (χ3n) is 3.48. The number of anilines is 1. The van der Waals surface area contributed by atoms with Gasteiger partial charge in [0.05, 0.1) is 10.6 Å². The summed E-state index contributed by atoms with van der Waals surface area (Å²) in [6.45, 7) is -0.183. The highest BCUT2D eigenvalue weighted by atomic mass is 35.5. The third kappa shape index (κ3) is 3.83. The zero-order valence-corrected chi connectivity index (χ0v) is 13.8. The summed E-state index contributed by atoms with van der Waals surface area (Å²) in [5, 5.41) is 8.95. The van der Waals surface area contributed by atoms with Gasteiger partial charge in [-0.15, -0.1) is 0 Å². The number of nitriles is 1. The summed E-state index contributed by atoms with van der Waals surface area (Å²) in [6.07, 6.45) is -2.64. The van der Waals surface area contributed by atoms with Crippen molar-refractivity contribution in [2.75, 3.05) is 11.5 Å². The Hall–Kier alpha value is -2.92. The molecule has 0 amide bonds. The fraction of sp³-hybridized carbons (Fsp3) is 0.176. The number of ether oxygens (including phenoxy) is 2. The van der Waals surface area contributed by atoms with Crippen molar-refractivity contribution in [2.24, 2.45) is 0 Å². The van der Waals surface area contributed by atoms with Gasteiger partial charge in [-0.1, -0.05) is 11.6 Å². The molecule has 0 saturated carbocycles. The average Bonchev–Trinajstić information content (AvgIpc) is 3.05. The van der Waals surface area contributed by atoms with Crippen LogP contribution in [0, 0.1) is 11.3 Å². The summed E-state index contributed by atoms with van der Waals surface area (Å²) >= 11 is 5.92. The van der Waals surface area contributed by atoms with Crippen molar-refractivity contribution in [3.8, 4) is 11.8 Å². The van der Waals surface area contributed by atoms with E-state index in [1.165, 1.54) is 36.8 Å². The van der Waals surface area contributed by atoms with Crippen molar-refractivity contribution in [1.82, 2.24) is 4.98 Å². The van der Waals surface area contributed by atoms with E-state index < -0.39 is 12.4 Å². The maximum atomic E-state index is 13.3. The number of halogens is 4. The minimum atomic E-state index is -4.64. The van der Waals surface area contributed by atoms with Crippen LogP contribution in [0.25, 0.3) is 0 Å². The van der Waals surface area contributed by atoms with Gasteiger partial charge in [0.25, 0.3) is 6.23 Å². The van der Waals surface area contributed by atoms with Crippen LogP contribution < -0.4 is 9.64 Å². The number of aromatic nitrogens is 1. The summed E-state index contributed by atoms with van der Waals surface area (Å²) in [5.41, 5.74) is 0.319. The summed E-state index contributed by atoms with van der Waals surface area (Å²) in [7, 11) is 0. The molecule has 2 aromatic rings. The van der Waals surface area contributed by atoms with Gasteiger partial charge in [-0.05, 0) is 30.3 Å². The van der Waals surface area contributed by atoms with Crippen LogP contribution >= 0.6 is 11.6 Å². The van der Waals surface area contributed by atoms with E-state index in [1.54, 1.807) is 12.1 Å². The number of rotatable bonds is 4. The number of hydrogen-bond donors (Lipinski definition) is 0. The van der Waals surface area contributed by atoms with E-state index in [-0.39, 0.29) is 28.6 Å². The van der Waals surface area contributed by atoms with E-state index >= 15 is 0 Å². The highest BCUT2D eigenvalue weighted by molar-refractivity contribution is 6.32. The standard InChI is InChI=1S/C17H11ClF3N3O2/c18-15-7-12(2-1-11(15)8-22)24-9-14(26-16(24)17(19,20)21)10-25-13-3-5-23-6-4-13/h1-7,9,16H,10H2. The zero-order valence-electron chi connectivity index (χ0n) is 13.1. The van der Waals surface area contributed by atoms with E-state index in [4.69, 9.17) is 26.3 Å². The van der Waals surface area contributed by atoms with E-state index in [9.17, 15) is 13.2 Å². The van der Waals surface area contributed by atoms with Crippen LogP contribution in [0.5, 0.6) is 5.75 Å². The zero-order chi connectivity index (χ0) is 18.7. The number of nitrogens with zero attached hydrogens (tertiary/aromatic N) is 3. The molecule has 1 aliphatic rings. The lowest BCUT2D eigenvalue weighted by Crippen LogP contribution is -2.41. The second kappa shape index (κ2) is 7.14. The van der Waals surface area contributed by atoms with Crippen LogP contribution in [0.4, 0.5) is 18.9 Å². The normalized spacial score (nSPS) is 16.7. The Labute approximate surface area is 151 Å². The Bertz CT molecular complexity index is 866. The molecule has 9 heteroatoms. The molecule has 134 valence electrons. The molecule has 1 aromatic heterocycles. The molecule has 0 N–H and O–H groups in total. The number of alkyl halides is 3. The molecule has 1 atom stereocenters. The molecule has 5 nitrogen and oxygen atoms in total. The first-order valence-electron chi connectivity index (χ1n) is 7.33. The lowest BCUT2D eigenvalue weighted by molar-refractivity contribution is -0.202. The number of hydrogen-bond acceptors (Lipinski definition) is 5. The monoisotopic (exact) mass is 381 g/mol. The molecule has 0 spiro atoms. The molecule has 1 aromatic carbocycles. The fourth-order valence-corrected chi connectivity index (χ4v) is 2.52. The summed E-state index contributed by atoms with van der Waals surface area (Å²) in [5.74, 6) is 0.456. The van der Waals surface area contributed by atoms with E-state index in [0.29, 0.717) is 5.75 Å². The summed E-state index contributed by atoms with van der Waals surface area (Å²) < 4.78 is 50.5. The van der Waals surface area contributed by atoms with Gasteiger partial charge in [0.2, 0.25) is 0 Å². The first-order valence-corrected chi connectivity index (χ1v) is 7.71. The molecule has 2 heterocycles. The molecule has 0 bridgehead atoms. The minimum Gasteiger partial charge on any atom is -0.486 e. The van der Waals surface area contributed by atoms with Crippen molar-refractivity contribution in [1.29, 1.82) is 5.26 Å². The molecule has 26 heavy (non-hydrogen) atoms. The lowest BCUT2D eigenvalue weighted by atomic mass is 10.2. The van der Waals surface area contributed by atoms with Crippen molar-refractivity contribution >= 4 is 17.3 Å². The predicted octanol–water partition coefficient (Wildman–Crippen LogP) is 4.25. The largest absolute Gasteiger partial charge is 0.486 e. The van der Waals surface area contributed by atoms with Gasteiger partial charge in [0, 0.05) is 24.3 Å². The number of pyridine rings is 1. The van der Waals surface area contributed by atoms with Gasteiger partial charge in [-0.2, -0.15) is 18.4 Å². The third-order valence-corrected chi connectivity index (χ3v) is 3.79. The van der Waals surface area contributed by atoms with Crippen LogP contribution in [0.2, 0.25) is 5.02 Å². The maximum Gasteiger partial charge on any atom is 0.445 e. The Morgan fingerprint density at radius 1 is 1.27 bits per heavy atom. The van der Waals surface area contributed by atoms with Crippen molar-refractivity contribution in [2.45, 2.75) is 12.4 Å². The quantitative estimate of drug-likeness (QED) is 0.792. The molecule has 0 aliphatic carbocycles. The van der Waals surface area contributed by atoms with Crippen LogP contribution in [-0.4, -0.2) is 24.0 Å². The van der Waals surface area contributed by atoms with Gasteiger partial charge in [-0.3, -0.25) is 4.98 Å². The van der Waals surface area contributed by atoms with Crippen LogP contribution in [0.3, 0.4) is 0 Å². The molecule has 0 saturated heterocycles. The average molecular weight is 382 g/mol. The van der Waals surface area contributed by atoms with Crippen LogP contribution in [0.1, 0.15) is 5.56 Å². The molecule has 3 rings (SSSR count). The van der Waals surface area contributed by atoms with Crippen molar-refractivity contribution < 1.29 is 22.6 Å². The SMILES string of the molecule is N#Cc1ccc(N2C=C(COc3ccncc3)OC2C(F)(F)F)cc1Cl. The Kier molecular flexibility index (Phi) is 4.91. The lowest BCUT2D eigenvalue weighted by Gasteiger charge is -2.26. The summed E-state index contributed by atoms with van der Waals surface area (Å²) in [6, 6.07) is 9.02. The Balaban J connectivity index is 1.84. The predicted molar refractivity (Wildman–Crippen MR) is 87.4 cm³/mol. The molecule has 0 fully saturated rings. The van der Waals surface area contributed by atoms with Gasteiger partial charge < -0.3 is 14.4 Å². The maximum absolute atomic E-state index is 13.3. The molecule has 0 radical (unpaired) electrons. The minimum absolute atomic E-state index is 0.00428. The van der Waals surface area contributed by atoms with Gasteiger partial charge in [0.1, 0.15) is 18.4 Å². The molecule has 1 unspecified atom stereocenters. The van der Waals surface area contributed by atoms with Gasteiger partial charge in [-0.25, -0.2) is 0 Å². The van der Waals surface area contributed by atoms with E-state index in [1.807, 2.05) is 6.07 Å². The van der Waals surface area contributed by atoms with Crippen molar-refractivity contribution in [3.05, 3.63) is 65.3 Å². The van der Waals surface area contributed by atoms with Crippen LogP contribution in [0.15, 0.2) is 54.7 Å². The Morgan fingerprint density at radius 2 is 2.00 bits per heavy atom. The first kappa shape index (κ1) is 17.9. The van der Waals surface area contributed by atoms with Gasteiger partial charge >= 0.3 is 6.18 Å². The summed E-state index contributed by atoms with van der Waals surface area (Å²) in [4.78, 5) is 4.73. The fourth-order valence-electron chi connectivity index (χ4n) is 2.30. The van der Waals surface area contributed by atoms with E-state index in [0.717, 1.165) is 4.90 Å². The number of benzene rings is 1. The van der Waals surface area contributed by atoms with Gasteiger partial charge in [0.15, 0.2) is 5.76 Å². The van der Waals surface area contributed by atoms with E-state index in [2.05, 4.69) is 4.98 Å². The Morgan fingerprint density at radius 3 is 2.62 bits per heavy atom. The highest BCUT2D eigenvalue weighted by Gasteiger charge is 2.49. The highest BCUT2D eigenvalue weighted by Crippen LogP contribution is 2.37. The molecule has 1 aliphatic heterocycles. The topological polar surface area (TPSA) is 58.4 Å². The molecular formula is C17H11ClF3N3O2. The van der Waals surface area contributed by atoms with Crippen molar-refractivity contribution in [3.63, 3.8) is 0 Å². The smallest absolute Gasteiger partial charge is 0.445 e.